The van der Waals surface area contributed by atoms with E-state index in [1.165, 1.54) is 51.5 Å². The van der Waals surface area contributed by atoms with E-state index in [-0.39, 0.29) is 0 Å². The lowest BCUT2D eigenvalue weighted by atomic mass is 9.93. The standard InChI is InChI=1S/C51H31N3S2/c1-2-10-32(11-3-1)45-31-46(54-51(53-45)34-19-17-33(18-20-34)44-14-8-9-25-52-44)39-27-37(35-21-23-49-42(29-35)40-12-4-6-15-47(40)55-49)26-38(28-39)36-22-24-50-43(30-36)41-13-5-7-16-48(41)56-50/h1-31H. The Kier molecular flexibility index (Phi) is 7.87. The fraction of sp³-hybridized carbons (Fsp3) is 0. The molecule has 5 heteroatoms. The van der Waals surface area contributed by atoms with E-state index in [0.717, 1.165) is 50.5 Å². The van der Waals surface area contributed by atoms with Crippen molar-refractivity contribution >= 4 is 63.0 Å². The van der Waals surface area contributed by atoms with Crippen LogP contribution in [0.25, 0.3) is 108 Å². The van der Waals surface area contributed by atoms with Crippen LogP contribution in [0.5, 0.6) is 0 Å². The summed E-state index contributed by atoms with van der Waals surface area (Å²) in [5, 5.41) is 5.15. The number of hydrogen-bond donors (Lipinski definition) is 0. The molecule has 262 valence electrons. The highest BCUT2D eigenvalue weighted by atomic mass is 32.1. The molecule has 4 heterocycles. The highest BCUT2D eigenvalue weighted by molar-refractivity contribution is 7.26. The summed E-state index contributed by atoms with van der Waals surface area (Å²) in [5.74, 6) is 0.679. The summed E-state index contributed by atoms with van der Waals surface area (Å²) in [6.07, 6.45) is 1.83. The number of hydrogen-bond acceptors (Lipinski definition) is 5. The highest BCUT2D eigenvalue weighted by Crippen LogP contribution is 2.41. The largest absolute Gasteiger partial charge is 0.256 e. The fourth-order valence-electron chi connectivity index (χ4n) is 7.72. The average molecular weight is 750 g/mol. The van der Waals surface area contributed by atoms with Gasteiger partial charge in [0.15, 0.2) is 5.82 Å². The van der Waals surface area contributed by atoms with Crippen molar-refractivity contribution < 1.29 is 0 Å². The first-order chi connectivity index (χ1) is 27.7. The van der Waals surface area contributed by atoms with Gasteiger partial charge in [-0.25, -0.2) is 9.97 Å². The quantitative estimate of drug-likeness (QED) is 0.170. The first-order valence-corrected chi connectivity index (χ1v) is 20.3. The molecule has 0 aliphatic rings. The van der Waals surface area contributed by atoms with E-state index < -0.39 is 0 Å². The Bertz CT molecular complexity index is 3110. The molecule has 3 nitrogen and oxygen atoms in total. The number of rotatable bonds is 6. The molecule has 0 aliphatic carbocycles. The maximum atomic E-state index is 5.31. The minimum atomic E-state index is 0.679. The predicted octanol–water partition coefficient (Wildman–Crippen LogP) is 14.6. The van der Waals surface area contributed by atoms with Gasteiger partial charge in [-0.05, 0) is 95.1 Å². The summed E-state index contributed by atoms with van der Waals surface area (Å²) in [6.45, 7) is 0. The van der Waals surface area contributed by atoms with E-state index in [1.54, 1.807) is 0 Å². The molecule has 0 bridgehead atoms. The predicted molar refractivity (Wildman–Crippen MR) is 238 cm³/mol. The highest BCUT2D eigenvalue weighted by Gasteiger charge is 2.16. The molecule has 11 aromatic rings. The van der Waals surface area contributed by atoms with Crippen LogP contribution in [0.2, 0.25) is 0 Å². The lowest BCUT2D eigenvalue weighted by molar-refractivity contribution is 1.18. The van der Waals surface area contributed by atoms with Gasteiger partial charge in [0.25, 0.3) is 0 Å². The molecule has 0 spiro atoms. The zero-order chi connectivity index (χ0) is 37.0. The molecular formula is C51H31N3S2. The Hall–Kier alpha value is -6.79. The SMILES string of the molecule is c1ccc(-c2cc(-c3cc(-c4ccc5sc6ccccc6c5c4)cc(-c4ccc5sc6ccccc6c5c4)c3)nc(-c3ccc(-c4ccccn4)cc3)n2)cc1. The van der Waals surface area contributed by atoms with E-state index in [1.807, 2.05) is 53.1 Å². The molecule has 11 rings (SSSR count). The maximum absolute atomic E-state index is 5.31. The Morgan fingerprint density at radius 1 is 0.286 bits per heavy atom. The second kappa shape index (κ2) is 13.5. The van der Waals surface area contributed by atoms with Crippen molar-refractivity contribution in [2.45, 2.75) is 0 Å². The zero-order valence-corrected chi connectivity index (χ0v) is 31.7. The molecule has 0 radical (unpaired) electrons. The third-order valence-electron chi connectivity index (χ3n) is 10.5. The molecule has 0 amide bonds. The Morgan fingerprint density at radius 3 is 1.38 bits per heavy atom. The molecule has 0 unspecified atom stereocenters. The number of fused-ring (bicyclic) bond motifs is 6. The second-order valence-electron chi connectivity index (χ2n) is 14.0. The van der Waals surface area contributed by atoms with Crippen molar-refractivity contribution in [1.29, 1.82) is 0 Å². The Morgan fingerprint density at radius 2 is 0.768 bits per heavy atom. The van der Waals surface area contributed by atoms with E-state index in [0.29, 0.717) is 5.82 Å². The number of pyridine rings is 1. The normalized spacial score (nSPS) is 11.6. The molecular weight excluding hydrogens is 719 g/mol. The summed E-state index contributed by atoms with van der Waals surface area (Å²) in [6, 6.07) is 65.0. The third kappa shape index (κ3) is 5.86. The van der Waals surface area contributed by atoms with Gasteiger partial charge in [0.1, 0.15) is 0 Å². The minimum absolute atomic E-state index is 0.679. The summed E-state index contributed by atoms with van der Waals surface area (Å²) in [5.41, 5.74) is 11.4. The van der Waals surface area contributed by atoms with E-state index >= 15 is 0 Å². The van der Waals surface area contributed by atoms with Gasteiger partial charge in [0.2, 0.25) is 0 Å². The lowest BCUT2D eigenvalue weighted by Crippen LogP contribution is -1.97. The smallest absolute Gasteiger partial charge is 0.160 e. The van der Waals surface area contributed by atoms with Gasteiger partial charge < -0.3 is 0 Å². The third-order valence-corrected chi connectivity index (χ3v) is 12.9. The van der Waals surface area contributed by atoms with Crippen LogP contribution in [0.1, 0.15) is 0 Å². The van der Waals surface area contributed by atoms with Crippen molar-refractivity contribution in [2.24, 2.45) is 0 Å². The van der Waals surface area contributed by atoms with Gasteiger partial charge in [0, 0.05) is 68.8 Å². The number of thiophene rings is 2. The molecule has 4 aromatic heterocycles. The number of nitrogens with zero attached hydrogens (tertiary/aromatic N) is 3. The summed E-state index contributed by atoms with van der Waals surface area (Å²) >= 11 is 3.69. The van der Waals surface area contributed by atoms with Crippen LogP contribution in [0.4, 0.5) is 0 Å². The maximum Gasteiger partial charge on any atom is 0.160 e. The van der Waals surface area contributed by atoms with Crippen LogP contribution in [0.3, 0.4) is 0 Å². The van der Waals surface area contributed by atoms with Gasteiger partial charge in [-0.15, -0.1) is 22.7 Å². The monoisotopic (exact) mass is 749 g/mol. The molecule has 7 aromatic carbocycles. The topological polar surface area (TPSA) is 38.7 Å². The van der Waals surface area contributed by atoms with Gasteiger partial charge in [0.05, 0.1) is 17.1 Å². The Balaban J connectivity index is 1.11. The van der Waals surface area contributed by atoms with E-state index in [2.05, 4.69) is 163 Å². The van der Waals surface area contributed by atoms with Crippen molar-refractivity contribution in [1.82, 2.24) is 15.0 Å². The van der Waals surface area contributed by atoms with Crippen LogP contribution in [-0.4, -0.2) is 15.0 Å². The lowest BCUT2D eigenvalue weighted by Gasteiger charge is -2.14. The first-order valence-electron chi connectivity index (χ1n) is 18.7. The molecule has 0 fully saturated rings. The van der Waals surface area contributed by atoms with Crippen molar-refractivity contribution in [2.75, 3.05) is 0 Å². The van der Waals surface area contributed by atoms with Gasteiger partial charge in [-0.2, -0.15) is 0 Å². The van der Waals surface area contributed by atoms with Crippen molar-refractivity contribution in [3.8, 4) is 67.4 Å². The number of benzene rings is 7. The molecule has 0 aliphatic heterocycles. The van der Waals surface area contributed by atoms with Crippen molar-refractivity contribution in [3.05, 3.63) is 188 Å². The Labute approximate surface area is 331 Å². The van der Waals surface area contributed by atoms with Crippen LogP contribution in [-0.2, 0) is 0 Å². The molecule has 0 saturated carbocycles. The van der Waals surface area contributed by atoms with Crippen LogP contribution in [0.15, 0.2) is 188 Å². The van der Waals surface area contributed by atoms with Gasteiger partial charge in [-0.3, -0.25) is 4.98 Å². The summed E-state index contributed by atoms with van der Waals surface area (Å²) in [7, 11) is 0. The molecule has 0 saturated heterocycles. The van der Waals surface area contributed by atoms with E-state index in [4.69, 9.17) is 9.97 Å². The molecule has 0 atom stereocenters. The number of aromatic nitrogens is 3. The summed E-state index contributed by atoms with van der Waals surface area (Å²) in [4.78, 5) is 15.0. The van der Waals surface area contributed by atoms with Crippen LogP contribution in [0, 0.1) is 0 Å². The zero-order valence-electron chi connectivity index (χ0n) is 30.1. The molecule has 56 heavy (non-hydrogen) atoms. The molecule has 0 N–H and O–H groups in total. The van der Waals surface area contributed by atoms with Crippen LogP contribution < -0.4 is 0 Å². The van der Waals surface area contributed by atoms with Crippen molar-refractivity contribution in [3.63, 3.8) is 0 Å². The minimum Gasteiger partial charge on any atom is -0.256 e. The summed E-state index contributed by atoms with van der Waals surface area (Å²) < 4.78 is 5.20. The average Bonchev–Trinajstić information content (AvgIpc) is 3.84. The van der Waals surface area contributed by atoms with Crippen LogP contribution >= 0.6 is 22.7 Å². The second-order valence-corrected chi connectivity index (χ2v) is 16.2. The fourth-order valence-corrected chi connectivity index (χ4v) is 9.90. The first kappa shape index (κ1) is 32.6. The van der Waals surface area contributed by atoms with E-state index in [9.17, 15) is 0 Å². The van der Waals surface area contributed by atoms with Gasteiger partial charge in [-0.1, -0.05) is 109 Å². The van der Waals surface area contributed by atoms with Gasteiger partial charge >= 0.3 is 0 Å².